The molecule has 4 aliphatic heterocycles. The van der Waals surface area contributed by atoms with Gasteiger partial charge in [0.15, 0.2) is 23.0 Å². The Morgan fingerprint density at radius 1 is 0.964 bits per heavy atom. The van der Waals surface area contributed by atoms with Gasteiger partial charge in [-0.3, -0.25) is 9.69 Å². The van der Waals surface area contributed by atoms with Crippen LogP contribution in [0.5, 0.6) is 23.0 Å². The average molecular weight is 381 g/mol. The zero-order valence-electron chi connectivity index (χ0n) is 14.9. The summed E-state index contributed by atoms with van der Waals surface area (Å²) < 4.78 is 27.6. The molecule has 0 radical (unpaired) electrons. The normalized spacial score (nSPS) is 24.2. The van der Waals surface area contributed by atoms with E-state index in [9.17, 15) is 9.59 Å². The molecule has 1 spiro atoms. The third-order valence-electron chi connectivity index (χ3n) is 5.75. The predicted octanol–water partition coefficient (Wildman–Crippen LogP) is 1.84. The van der Waals surface area contributed by atoms with Crippen molar-refractivity contribution < 1.29 is 33.3 Å². The number of benzene rings is 2. The summed E-state index contributed by atoms with van der Waals surface area (Å²) in [4.78, 5) is 28.6. The quantitative estimate of drug-likeness (QED) is 0.640. The number of rotatable bonds is 0. The highest BCUT2D eigenvalue weighted by molar-refractivity contribution is 6.16. The minimum atomic E-state index is -1.55. The first-order valence-electron chi connectivity index (χ1n) is 8.94. The van der Waals surface area contributed by atoms with Crippen molar-refractivity contribution in [3.8, 4) is 23.0 Å². The van der Waals surface area contributed by atoms with E-state index in [0.29, 0.717) is 35.8 Å². The van der Waals surface area contributed by atoms with Crippen LogP contribution in [0.15, 0.2) is 24.3 Å². The summed E-state index contributed by atoms with van der Waals surface area (Å²) in [5.41, 5.74) is 0.330. The highest BCUT2D eigenvalue weighted by atomic mass is 16.7. The second-order valence-electron chi connectivity index (χ2n) is 7.12. The molecule has 6 rings (SSSR count). The smallest absolute Gasteiger partial charge is 0.345 e. The summed E-state index contributed by atoms with van der Waals surface area (Å²) in [6.07, 6.45) is 0.697. The first-order valence-corrected chi connectivity index (χ1v) is 8.94. The molecule has 1 atom stereocenters. The number of ketones is 1. The van der Waals surface area contributed by atoms with Gasteiger partial charge in [-0.2, -0.15) is 0 Å². The Morgan fingerprint density at radius 2 is 1.71 bits per heavy atom. The van der Waals surface area contributed by atoms with Gasteiger partial charge in [0.2, 0.25) is 19.4 Å². The second kappa shape index (κ2) is 5.17. The Hall–Kier alpha value is -3.26. The summed E-state index contributed by atoms with van der Waals surface area (Å²) in [6.45, 7) is 0.678. The summed E-state index contributed by atoms with van der Waals surface area (Å²) in [5, 5.41) is 0. The lowest BCUT2D eigenvalue weighted by Crippen LogP contribution is -2.58. The van der Waals surface area contributed by atoms with Crippen LogP contribution in [0.4, 0.5) is 0 Å². The van der Waals surface area contributed by atoms with Gasteiger partial charge in [0.1, 0.15) is 5.56 Å². The molecule has 8 nitrogen and oxygen atoms in total. The number of nitrogens with zero attached hydrogens (tertiary/aromatic N) is 1. The van der Waals surface area contributed by atoms with E-state index in [4.69, 9.17) is 23.7 Å². The lowest BCUT2D eigenvalue weighted by molar-refractivity contribution is -0.0953. The highest BCUT2D eigenvalue weighted by Crippen LogP contribution is 2.49. The number of likely N-dealkylation sites (N-methyl/N-ethyl adjacent to an activating group) is 1. The summed E-state index contributed by atoms with van der Waals surface area (Å²) in [5.74, 6) is 0.929. The van der Waals surface area contributed by atoms with Crippen LogP contribution in [0.25, 0.3) is 0 Å². The Bertz CT molecular complexity index is 1080. The molecule has 2 aromatic carbocycles. The zero-order valence-corrected chi connectivity index (χ0v) is 14.9. The number of carbonyl (C=O) groups excluding carboxylic acids is 2. The minimum absolute atomic E-state index is 0.00458. The van der Waals surface area contributed by atoms with Crippen LogP contribution >= 0.6 is 0 Å². The molecule has 0 aliphatic carbocycles. The molecule has 0 fully saturated rings. The monoisotopic (exact) mass is 381 g/mol. The molecule has 0 aromatic heterocycles. The van der Waals surface area contributed by atoms with E-state index < -0.39 is 11.7 Å². The van der Waals surface area contributed by atoms with E-state index in [2.05, 4.69) is 0 Å². The first kappa shape index (κ1) is 15.8. The lowest BCUT2D eigenvalue weighted by atomic mass is 9.81. The van der Waals surface area contributed by atoms with Crippen LogP contribution in [-0.4, -0.2) is 43.8 Å². The van der Waals surface area contributed by atoms with Gasteiger partial charge in [-0.05, 0) is 43.3 Å². The minimum Gasteiger partial charge on any atom is -0.454 e. The molecule has 8 heteroatoms. The van der Waals surface area contributed by atoms with Crippen LogP contribution in [-0.2, 0) is 16.9 Å². The number of carbonyl (C=O) groups is 2. The van der Waals surface area contributed by atoms with Crippen molar-refractivity contribution in [2.24, 2.45) is 0 Å². The molecule has 0 amide bonds. The van der Waals surface area contributed by atoms with Gasteiger partial charge in [-0.1, -0.05) is 0 Å². The fourth-order valence-corrected chi connectivity index (χ4v) is 4.36. The molecule has 0 bridgehead atoms. The topological polar surface area (TPSA) is 83.5 Å². The Kier molecular flexibility index (Phi) is 2.91. The third kappa shape index (κ3) is 1.78. The lowest BCUT2D eigenvalue weighted by Gasteiger charge is -2.46. The number of hydrogen-bond acceptors (Lipinski definition) is 8. The SMILES string of the molecule is CN1CCc2cc3c(cc2[C@]12OC(=O)c1c(ccc4c1OCO4)C2=O)OCO3. The van der Waals surface area contributed by atoms with Gasteiger partial charge in [0.05, 0.1) is 0 Å². The van der Waals surface area contributed by atoms with Crippen molar-refractivity contribution >= 4 is 11.8 Å². The van der Waals surface area contributed by atoms with Gasteiger partial charge in [0.25, 0.3) is 5.72 Å². The third-order valence-corrected chi connectivity index (χ3v) is 5.75. The molecule has 142 valence electrons. The standard InChI is InChI=1S/C20H15NO7/c1-21-5-4-10-6-14-15(26-8-25-14)7-12(10)20(21)18(22)11-2-3-13-17(27-9-24-13)16(11)19(23)28-20/h2-3,6-7H,4-5,8-9H2,1H3/t20-/m1/s1. The Labute approximate surface area is 159 Å². The summed E-state index contributed by atoms with van der Waals surface area (Å²) >= 11 is 0. The predicted molar refractivity (Wildman–Crippen MR) is 92.9 cm³/mol. The number of Topliss-reactive ketones (excluding diaryl/α,β-unsaturated/α-hetero) is 1. The Balaban J connectivity index is 1.59. The van der Waals surface area contributed by atoms with E-state index >= 15 is 0 Å². The van der Waals surface area contributed by atoms with E-state index in [0.717, 1.165) is 5.56 Å². The van der Waals surface area contributed by atoms with E-state index in [-0.39, 0.29) is 36.2 Å². The number of esters is 1. The van der Waals surface area contributed by atoms with Crippen LogP contribution in [0, 0.1) is 0 Å². The van der Waals surface area contributed by atoms with E-state index in [1.54, 1.807) is 30.1 Å². The van der Waals surface area contributed by atoms with Crippen LogP contribution in [0.2, 0.25) is 0 Å². The van der Waals surface area contributed by atoms with Crippen molar-refractivity contribution in [1.29, 1.82) is 0 Å². The Morgan fingerprint density at radius 3 is 2.57 bits per heavy atom. The van der Waals surface area contributed by atoms with Crippen LogP contribution in [0.1, 0.15) is 31.8 Å². The van der Waals surface area contributed by atoms with Crippen molar-refractivity contribution in [2.75, 3.05) is 27.2 Å². The number of ether oxygens (including phenoxy) is 5. The molecule has 0 N–H and O–H groups in total. The maximum absolute atomic E-state index is 13.7. The molecule has 0 unspecified atom stereocenters. The van der Waals surface area contributed by atoms with E-state index in [1.807, 2.05) is 6.07 Å². The van der Waals surface area contributed by atoms with Gasteiger partial charge in [-0.25, -0.2) is 4.79 Å². The van der Waals surface area contributed by atoms with Crippen molar-refractivity contribution in [3.05, 3.63) is 46.5 Å². The molecular weight excluding hydrogens is 366 g/mol. The maximum Gasteiger partial charge on any atom is 0.345 e. The fraction of sp³-hybridized carbons (Fsp3) is 0.300. The maximum atomic E-state index is 13.7. The van der Waals surface area contributed by atoms with Crippen molar-refractivity contribution in [3.63, 3.8) is 0 Å². The average Bonchev–Trinajstić information content (AvgIpc) is 3.35. The van der Waals surface area contributed by atoms with Gasteiger partial charge in [0, 0.05) is 17.7 Å². The molecule has 2 aromatic rings. The summed E-state index contributed by atoms with van der Waals surface area (Å²) in [6, 6.07) is 6.86. The molecule has 4 heterocycles. The van der Waals surface area contributed by atoms with Crippen molar-refractivity contribution in [2.45, 2.75) is 12.1 Å². The first-order chi connectivity index (χ1) is 13.6. The zero-order chi connectivity index (χ0) is 19.0. The number of hydrogen-bond donors (Lipinski definition) is 0. The highest BCUT2D eigenvalue weighted by Gasteiger charge is 2.56. The van der Waals surface area contributed by atoms with Crippen LogP contribution < -0.4 is 18.9 Å². The van der Waals surface area contributed by atoms with Gasteiger partial charge >= 0.3 is 5.97 Å². The van der Waals surface area contributed by atoms with Gasteiger partial charge < -0.3 is 23.7 Å². The van der Waals surface area contributed by atoms with Crippen molar-refractivity contribution in [1.82, 2.24) is 4.90 Å². The fourth-order valence-electron chi connectivity index (χ4n) is 4.36. The second-order valence-corrected chi connectivity index (χ2v) is 7.12. The molecule has 28 heavy (non-hydrogen) atoms. The molecule has 0 saturated heterocycles. The molecule has 4 aliphatic rings. The van der Waals surface area contributed by atoms with Gasteiger partial charge in [-0.15, -0.1) is 0 Å². The largest absolute Gasteiger partial charge is 0.454 e. The van der Waals surface area contributed by atoms with E-state index in [1.165, 1.54) is 0 Å². The summed E-state index contributed by atoms with van der Waals surface area (Å²) in [7, 11) is 1.77. The van der Waals surface area contributed by atoms with Crippen LogP contribution in [0.3, 0.4) is 0 Å². The molecule has 0 saturated carbocycles. The molecular formula is C20H15NO7. The number of fused-ring (bicyclic) bond motifs is 6.